The molecular weight excluding hydrogens is 302 g/mol. The van der Waals surface area contributed by atoms with Gasteiger partial charge >= 0.3 is 11.9 Å². The van der Waals surface area contributed by atoms with Crippen molar-refractivity contribution >= 4 is 21.8 Å². The summed E-state index contributed by atoms with van der Waals surface area (Å²) >= 11 is 0. The van der Waals surface area contributed by atoms with Crippen LogP contribution in [-0.4, -0.2) is 61.6 Å². The van der Waals surface area contributed by atoms with Crippen molar-refractivity contribution in [2.75, 3.05) is 26.2 Å². The minimum atomic E-state index is -3.09. The van der Waals surface area contributed by atoms with E-state index in [0.717, 1.165) is 6.26 Å². The first-order valence-electron chi connectivity index (χ1n) is 6.03. The number of carbonyl (C=O) groups excluding carboxylic acids is 2. The monoisotopic (exact) mass is 319 g/mol. The van der Waals surface area contributed by atoms with E-state index in [2.05, 4.69) is 19.8 Å². The van der Waals surface area contributed by atoms with E-state index in [1.807, 2.05) is 0 Å². The molecule has 21 heavy (non-hydrogen) atoms. The van der Waals surface area contributed by atoms with Crippen molar-refractivity contribution in [1.82, 2.24) is 15.0 Å². The molecule has 0 unspecified atom stereocenters. The molecule has 1 aromatic rings. The number of aromatic nitrogens is 3. The first-order chi connectivity index (χ1) is 9.78. The molecule has 0 aliphatic carbocycles. The van der Waals surface area contributed by atoms with Crippen molar-refractivity contribution in [1.29, 1.82) is 0 Å². The summed E-state index contributed by atoms with van der Waals surface area (Å²) in [7, 11) is -0.686. The number of carbonyl (C=O) groups is 2. The molecule has 0 amide bonds. The Morgan fingerprint density at radius 1 is 1.24 bits per heavy atom. The number of hydrogen-bond acceptors (Lipinski definition) is 8. The lowest BCUT2D eigenvalue weighted by molar-refractivity contribution is -0.139. The molecule has 1 heterocycles. The molecule has 0 fully saturated rings. The van der Waals surface area contributed by atoms with Crippen molar-refractivity contribution < 1.29 is 27.5 Å². The lowest BCUT2D eigenvalue weighted by atomic mass is 10.2. The molecular formula is C11H17N3O6S. The maximum Gasteiger partial charge on any atom is 0.360 e. The zero-order chi connectivity index (χ0) is 16.0. The Hall–Kier alpha value is -1.97. The fraction of sp³-hybridized carbons (Fsp3) is 0.636. The average Bonchev–Trinajstić information content (AvgIpc) is 2.79. The summed E-state index contributed by atoms with van der Waals surface area (Å²) in [6.07, 6.45) is 1.22. The highest BCUT2D eigenvalue weighted by atomic mass is 32.2. The van der Waals surface area contributed by atoms with Gasteiger partial charge in [0.2, 0.25) is 0 Å². The maximum atomic E-state index is 11.6. The number of esters is 2. The van der Waals surface area contributed by atoms with E-state index in [4.69, 9.17) is 0 Å². The van der Waals surface area contributed by atoms with Gasteiger partial charge in [0.05, 0.1) is 32.1 Å². The van der Waals surface area contributed by atoms with Crippen LogP contribution < -0.4 is 0 Å². The van der Waals surface area contributed by atoms with E-state index < -0.39 is 21.8 Å². The summed E-state index contributed by atoms with van der Waals surface area (Å²) < 4.78 is 32.6. The van der Waals surface area contributed by atoms with E-state index in [-0.39, 0.29) is 36.5 Å². The van der Waals surface area contributed by atoms with Gasteiger partial charge in [0.1, 0.15) is 9.84 Å². The van der Waals surface area contributed by atoms with E-state index in [0.29, 0.717) is 0 Å². The highest BCUT2D eigenvalue weighted by Gasteiger charge is 2.22. The molecule has 0 saturated carbocycles. The summed E-state index contributed by atoms with van der Waals surface area (Å²) in [4.78, 5) is 23.0. The molecule has 0 radical (unpaired) electrons. The van der Waals surface area contributed by atoms with Crippen LogP contribution in [-0.2, 0) is 37.1 Å². The Bertz CT molecular complexity index is 622. The number of aryl methyl sites for hydroxylation is 1. The third-order valence-electron chi connectivity index (χ3n) is 2.64. The first-order valence-corrected chi connectivity index (χ1v) is 8.09. The molecule has 0 saturated heterocycles. The first kappa shape index (κ1) is 17.1. The predicted molar refractivity (Wildman–Crippen MR) is 71.4 cm³/mol. The van der Waals surface area contributed by atoms with Crippen molar-refractivity contribution in [2.24, 2.45) is 0 Å². The molecule has 1 aromatic heterocycles. The predicted octanol–water partition coefficient (Wildman–Crippen LogP) is -0.785. The smallest absolute Gasteiger partial charge is 0.360 e. The van der Waals surface area contributed by atoms with Gasteiger partial charge in [0.15, 0.2) is 5.69 Å². The number of rotatable bonds is 7. The van der Waals surface area contributed by atoms with Crippen molar-refractivity contribution in [3.63, 3.8) is 0 Å². The summed E-state index contributed by atoms with van der Waals surface area (Å²) in [6, 6.07) is 0. The minimum Gasteiger partial charge on any atom is -0.469 e. The maximum absolute atomic E-state index is 11.6. The Morgan fingerprint density at radius 2 is 1.90 bits per heavy atom. The van der Waals surface area contributed by atoms with Crippen LogP contribution in [0.5, 0.6) is 0 Å². The second-order valence-corrected chi connectivity index (χ2v) is 6.60. The second kappa shape index (κ2) is 7.16. The van der Waals surface area contributed by atoms with Crippen molar-refractivity contribution in [3.05, 3.63) is 11.4 Å². The second-order valence-electron chi connectivity index (χ2n) is 4.34. The lowest BCUT2D eigenvalue weighted by Gasteiger charge is -2.06. The molecule has 9 nitrogen and oxygen atoms in total. The molecule has 0 N–H and O–H groups in total. The minimum absolute atomic E-state index is 0.0297. The quantitative estimate of drug-likeness (QED) is 0.600. The SMILES string of the molecule is COC(=O)Cc1c(C(=O)OC)nnn1CCCS(C)(=O)=O. The van der Waals surface area contributed by atoms with Gasteiger partial charge in [-0.1, -0.05) is 5.21 Å². The summed E-state index contributed by atoms with van der Waals surface area (Å²) in [5.74, 6) is -1.31. The topological polar surface area (TPSA) is 117 Å². The van der Waals surface area contributed by atoms with Crippen LogP contribution in [0.25, 0.3) is 0 Å². The van der Waals surface area contributed by atoms with Crippen LogP contribution in [0.15, 0.2) is 0 Å². The molecule has 0 spiro atoms. The summed E-state index contributed by atoms with van der Waals surface area (Å²) in [5, 5.41) is 7.43. The van der Waals surface area contributed by atoms with Crippen LogP contribution in [0.2, 0.25) is 0 Å². The molecule has 118 valence electrons. The van der Waals surface area contributed by atoms with Gasteiger partial charge in [-0.05, 0) is 6.42 Å². The highest BCUT2D eigenvalue weighted by Crippen LogP contribution is 2.10. The number of sulfone groups is 1. The van der Waals surface area contributed by atoms with Crippen LogP contribution in [0.3, 0.4) is 0 Å². The van der Waals surface area contributed by atoms with Crippen LogP contribution >= 0.6 is 0 Å². The molecule has 0 aliphatic heterocycles. The molecule has 0 atom stereocenters. The van der Waals surface area contributed by atoms with Crippen LogP contribution in [0.1, 0.15) is 22.6 Å². The Balaban J connectivity index is 2.94. The van der Waals surface area contributed by atoms with Gasteiger partial charge in [-0.3, -0.25) is 4.79 Å². The normalized spacial score (nSPS) is 11.2. The van der Waals surface area contributed by atoms with Gasteiger partial charge < -0.3 is 9.47 Å². The lowest BCUT2D eigenvalue weighted by Crippen LogP contribution is -2.16. The van der Waals surface area contributed by atoms with Crippen LogP contribution in [0, 0.1) is 0 Å². The fourth-order valence-electron chi connectivity index (χ4n) is 1.63. The largest absolute Gasteiger partial charge is 0.469 e. The molecule has 0 bridgehead atoms. The number of methoxy groups -OCH3 is 2. The average molecular weight is 319 g/mol. The summed E-state index contributed by atoms with van der Waals surface area (Å²) in [6.45, 7) is 0.212. The van der Waals surface area contributed by atoms with E-state index in [1.54, 1.807) is 0 Å². The molecule has 0 aromatic carbocycles. The third kappa shape index (κ3) is 5.14. The Labute approximate surface area is 122 Å². The van der Waals surface area contributed by atoms with Gasteiger partial charge in [-0.2, -0.15) is 0 Å². The van der Waals surface area contributed by atoms with Crippen molar-refractivity contribution in [2.45, 2.75) is 19.4 Å². The zero-order valence-electron chi connectivity index (χ0n) is 12.0. The van der Waals surface area contributed by atoms with E-state index in [1.165, 1.54) is 18.9 Å². The summed E-state index contributed by atoms with van der Waals surface area (Å²) in [5.41, 5.74) is 0.157. The van der Waals surface area contributed by atoms with Crippen LogP contribution in [0.4, 0.5) is 0 Å². The number of hydrogen-bond donors (Lipinski definition) is 0. The Morgan fingerprint density at radius 3 is 2.43 bits per heavy atom. The fourth-order valence-corrected chi connectivity index (χ4v) is 2.28. The van der Waals surface area contributed by atoms with E-state index >= 15 is 0 Å². The zero-order valence-corrected chi connectivity index (χ0v) is 12.8. The molecule has 1 rings (SSSR count). The number of nitrogens with zero attached hydrogens (tertiary/aromatic N) is 3. The standard InChI is InChI=1S/C11H17N3O6S/c1-19-9(15)7-8-10(11(16)20-2)12-13-14(8)5-4-6-21(3,17)18/h4-7H2,1-3H3. The van der Waals surface area contributed by atoms with Gasteiger partial charge in [-0.25, -0.2) is 17.9 Å². The molecule has 10 heteroatoms. The number of ether oxygens (including phenoxy) is 2. The third-order valence-corrected chi connectivity index (χ3v) is 3.67. The highest BCUT2D eigenvalue weighted by molar-refractivity contribution is 7.90. The van der Waals surface area contributed by atoms with Gasteiger partial charge in [0, 0.05) is 12.8 Å². The van der Waals surface area contributed by atoms with Gasteiger partial charge in [0.25, 0.3) is 0 Å². The van der Waals surface area contributed by atoms with Gasteiger partial charge in [-0.15, -0.1) is 5.10 Å². The molecule has 0 aliphatic rings. The van der Waals surface area contributed by atoms with Crippen molar-refractivity contribution in [3.8, 4) is 0 Å². The Kier molecular flexibility index (Phi) is 5.82. The van der Waals surface area contributed by atoms with E-state index in [9.17, 15) is 18.0 Å².